The van der Waals surface area contributed by atoms with Crippen molar-refractivity contribution in [2.45, 2.75) is 77.4 Å². The number of amides is 1. The number of ether oxygens (including phenoxy) is 1. The van der Waals surface area contributed by atoms with Gasteiger partial charge in [0, 0.05) is 31.4 Å². The van der Waals surface area contributed by atoms with Gasteiger partial charge in [0.15, 0.2) is 0 Å². The Morgan fingerprint density at radius 2 is 2.11 bits per heavy atom. The van der Waals surface area contributed by atoms with E-state index in [4.69, 9.17) is 4.74 Å². The molecule has 1 amide bonds. The third-order valence-corrected chi connectivity index (χ3v) is 8.69. The summed E-state index contributed by atoms with van der Waals surface area (Å²) in [6.07, 6.45) is 13.9. The van der Waals surface area contributed by atoms with Crippen LogP contribution in [-0.2, 0) is 4.79 Å². The summed E-state index contributed by atoms with van der Waals surface area (Å²) in [7, 11) is 0. The Balaban J connectivity index is 1.34. The van der Waals surface area contributed by atoms with Crippen molar-refractivity contribution in [3.05, 3.63) is 18.5 Å². The number of fused-ring (bicyclic) bond motifs is 5. The second kappa shape index (κ2) is 6.56. The summed E-state index contributed by atoms with van der Waals surface area (Å²) >= 11 is 0. The highest BCUT2D eigenvalue weighted by atomic mass is 16.5. The van der Waals surface area contributed by atoms with Crippen LogP contribution in [0.15, 0.2) is 18.5 Å². The molecule has 2 heterocycles. The van der Waals surface area contributed by atoms with Gasteiger partial charge >= 0.3 is 0 Å². The third-order valence-electron chi connectivity index (χ3n) is 8.69. The van der Waals surface area contributed by atoms with Gasteiger partial charge in [-0.15, -0.1) is 0 Å². The molecule has 0 bridgehead atoms. The largest absolute Gasteiger partial charge is 0.489 e. The van der Waals surface area contributed by atoms with Crippen LogP contribution in [0.25, 0.3) is 0 Å². The molecule has 3 aliphatic carbocycles. The van der Waals surface area contributed by atoms with Gasteiger partial charge in [0.2, 0.25) is 5.91 Å². The minimum atomic E-state index is 0.368. The highest BCUT2D eigenvalue weighted by Crippen LogP contribution is 2.61. The minimum absolute atomic E-state index is 0.368. The van der Waals surface area contributed by atoms with Crippen LogP contribution in [0.4, 0.5) is 0 Å². The Hall–Kier alpha value is -1.45. The van der Waals surface area contributed by atoms with Crippen LogP contribution in [0.1, 0.15) is 65.2 Å². The summed E-state index contributed by atoms with van der Waals surface area (Å²) in [4.78, 5) is 17.7. The molecule has 27 heavy (non-hydrogen) atoms. The van der Waals surface area contributed by atoms with Gasteiger partial charge in [-0.05, 0) is 87.0 Å². The smallest absolute Gasteiger partial charge is 0.222 e. The van der Waals surface area contributed by atoms with Crippen molar-refractivity contribution >= 4 is 5.91 Å². The Morgan fingerprint density at radius 3 is 2.89 bits per heavy atom. The Bertz CT molecular complexity index is 687. The van der Waals surface area contributed by atoms with E-state index in [0.717, 1.165) is 48.8 Å². The molecule has 148 valence electrons. The molecule has 0 spiro atoms. The SMILES string of the molecule is CCN1C(=O)CC[C@@H]2[C@H]3CC[C@]4(C)C[C@@H](Oc5cc[nH]c5)C[C@H]4[C@@H]3CC[C@H]21. The van der Waals surface area contributed by atoms with E-state index in [-0.39, 0.29) is 0 Å². The van der Waals surface area contributed by atoms with Gasteiger partial charge in [0.05, 0.1) is 6.10 Å². The van der Waals surface area contributed by atoms with Gasteiger partial charge in [-0.1, -0.05) is 6.92 Å². The van der Waals surface area contributed by atoms with E-state index in [9.17, 15) is 4.79 Å². The Labute approximate surface area is 163 Å². The number of hydrogen-bond donors (Lipinski definition) is 1. The van der Waals surface area contributed by atoms with Crippen molar-refractivity contribution in [2.24, 2.45) is 29.1 Å². The first-order chi connectivity index (χ1) is 13.1. The number of hydrogen-bond acceptors (Lipinski definition) is 2. The number of aromatic nitrogens is 1. The molecule has 1 saturated heterocycles. The minimum Gasteiger partial charge on any atom is -0.489 e. The van der Waals surface area contributed by atoms with Gasteiger partial charge in [0.25, 0.3) is 0 Å². The third kappa shape index (κ3) is 2.82. The average molecular weight is 371 g/mol. The fraction of sp³-hybridized carbons (Fsp3) is 0.783. The molecule has 4 fully saturated rings. The number of rotatable bonds is 3. The summed E-state index contributed by atoms with van der Waals surface area (Å²) in [6.45, 7) is 5.58. The quantitative estimate of drug-likeness (QED) is 0.843. The topological polar surface area (TPSA) is 45.3 Å². The highest BCUT2D eigenvalue weighted by Gasteiger charge is 2.57. The van der Waals surface area contributed by atoms with E-state index in [1.54, 1.807) is 0 Å². The van der Waals surface area contributed by atoms with E-state index in [1.807, 2.05) is 18.5 Å². The molecule has 5 rings (SSSR count). The second-order valence-corrected chi connectivity index (χ2v) is 9.88. The molecule has 1 N–H and O–H groups in total. The van der Waals surface area contributed by atoms with E-state index >= 15 is 0 Å². The maximum absolute atomic E-state index is 12.4. The fourth-order valence-corrected chi connectivity index (χ4v) is 7.61. The van der Waals surface area contributed by atoms with Crippen LogP contribution >= 0.6 is 0 Å². The molecule has 0 aromatic carbocycles. The zero-order valence-corrected chi connectivity index (χ0v) is 16.8. The number of nitrogens with one attached hydrogen (secondary N) is 1. The van der Waals surface area contributed by atoms with Gasteiger partial charge in [0.1, 0.15) is 5.75 Å². The molecule has 1 aliphatic heterocycles. The number of nitrogens with zero attached hydrogens (tertiary/aromatic N) is 1. The number of carbonyl (C=O) groups is 1. The molecule has 0 unspecified atom stereocenters. The maximum Gasteiger partial charge on any atom is 0.222 e. The van der Waals surface area contributed by atoms with Crippen molar-refractivity contribution in [1.29, 1.82) is 0 Å². The summed E-state index contributed by atoms with van der Waals surface area (Å²) < 4.78 is 6.32. The molecule has 4 aliphatic rings. The van der Waals surface area contributed by atoms with Crippen LogP contribution in [0.3, 0.4) is 0 Å². The summed E-state index contributed by atoms with van der Waals surface area (Å²) in [5.74, 6) is 4.61. The van der Waals surface area contributed by atoms with Crippen molar-refractivity contribution in [2.75, 3.05) is 6.54 Å². The highest BCUT2D eigenvalue weighted by molar-refractivity contribution is 5.77. The summed E-state index contributed by atoms with van der Waals surface area (Å²) in [5.41, 5.74) is 0.448. The standard InChI is InChI=1S/C23H34N2O2/c1-3-25-21-6-4-18-17(19(21)5-7-22(25)26)8-10-23(2)13-16(12-20(18)23)27-15-9-11-24-14-15/h9,11,14,16-21,24H,3-8,10,12-13H2,1-2H3/t16-,17-,18+,19+,20-,21+,23+/m0/s1. The maximum atomic E-state index is 12.4. The first-order valence-electron chi connectivity index (χ1n) is 11.2. The van der Waals surface area contributed by atoms with Gasteiger partial charge in [-0.25, -0.2) is 0 Å². The normalized spacial score (nSPS) is 43.8. The fourth-order valence-electron chi connectivity index (χ4n) is 7.61. The molecular formula is C23H34N2O2. The van der Waals surface area contributed by atoms with Gasteiger partial charge in [-0.2, -0.15) is 0 Å². The molecule has 4 heteroatoms. The zero-order chi connectivity index (χ0) is 18.6. The summed E-state index contributed by atoms with van der Waals surface area (Å²) in [5, 5.41) is 0. The molecule has 0 radical (unpaired) electrons. The lowest BCUT2D eigenvalue weighted by atomic mass is 9.52. The number of aromatic amines is 1. The van der Waals surface area contributed by atoms with Crippen molar-refractivity contribution in [1.82, 2.24) is 9.88 Å². The first kappa shape index (κ1) is 17.6. The monoisotopic (exact) mass is 370 g/mol. The lowest BCUT2D eigenvalue weighted by Gasteiger charge is -2.56. The number of piperidine rings is 1. The molecule has 7 atom stereocenters. The molecule has 1 aromatic rings. The van der Waals surface area contributed by atoms with Gasteiger partial charge < -0.3 is 14.6 Å². The van der Waals surface area contributed by atoms with Crippen LogP contribution in [0.5, 0.6) is 5.75 Å². The molecule has 4 nitrogen and oxygen atoms in total. The van der Waals surface area contributed by atoms with Crippen molar-refractivity contribution in [3.63, 3.8) is 0 Å². The zero-order valence-electron chi connectivity index (χ0n) is 16.8. The predicted molar refractivity (Wildman–Crippen MR) is 105 cm³/mol. The summed E-state index contributed by atoms with van der Waals surface area (Å²) in [6, 6.07) is 2.56. The van der Waals surface area contributed by atoms with Gasteiger partial charge in [-0.3, -0.25) is 4.79 Å². The molecular weight excluding hydrogens is 336 g/mol. The lowest BCUT2D eigenvalue weighted by Crippen LogP contribution is -2.56. The second-order valence-electron chi connectivity index (χ2n) is 9.88. The number of likely N-dealkylation sites (tertiary alicyclic amines) is 1. The van der Waals surface area contributed by atoms with Crippen LogP contribution in [0.2, 0.25) is 0 Å². The van der Waals surface area contributed by atoms with E-state index < -0.39 is 0 Å². The first-order valence-corrected chi connectivity index (χ1v) is 11.2. The molecule has 3 saturated carbocycles. The van der Waals surface area contributed by atoms with E-state index in [1.165, 1.54) is 38.5 Å². The average Bonchev–Trinajstić information content (AvgIpc) is 3.28. The Morgan fingerprint density at radius 1 is 1.22 bits per heavy atom. The number of carbonyl (C=O) groups excluding carboxylic acids is 1. The Kier molecular flexibility index (Phi) is 4.29. The lowest BCUT2D eigenvalue weighted by molar-refractivity contribution is -0.146. The van der Waals surface area contributed by atoms with Crippen molar-refractivity contribution < 1.29 is 9.53 Å². The van der Waals surface area contributed by atoms with Crippen LogP contribution < -0.4 is 4.74 Å². The number of H-pyrrole nitrogens is 1. The van der Waals surface area contributed by atoms with E-state index in [0.29, 0.717) is 23.5 Å². The predicted octanol–water partition coefficient (Wildman–Crippen LogP) is 4.63. The van der Waals surface area contributed by atoms with Crippen molar-refractivity contribution in [3.8, 4) is 5.75 Å². The molecule has 1 aromatic heterocycles. The van der Waals surface area contributed by atoms with Crippen LogP contribution in [-0.4, -0.2) is 34.5 Å². The van der Waals surface area contributed by atoms with Crippen LogP contribution in [0, 0.1) is 29.1 Å². The van der Waals surface area contributed by atoms with E-state index in [2.05, 4.69) is 23.7 Å².